The number of nitrogens with two attached hydrogens (primary N) is 1. The highest BCUT2D eigenvalue weighted by atomic mass is 16.6. The summed E-state index contributed by atoms with van der Waals surface area (Å²) in [5.74, 6) is 1.74. The minimum absolute atomic E-state index is 0.249. The monoisotopic (exact) mass is 282 g/mol. The van der Waals surface area contributed by atoms with Gasteiger partial charge in [-0.1, -0.05) is 5.92 Å². The molecule has 108 valence electrons. The zero-order chi connectivity index (χ0) is 15.1. The van der Waals surface area contributed by atoms with E-state index in [0.29, 0.717) is 0 Å². The first kappa shape index (κ1) is 14.4. The van der Waals surface area contributed by atoms with Crippen molar-refractivity contribution >= 4 is 5.95 Å². The highest BCUT2D eigenvalue weighted by Crippen LogP contribution is 2.38. The van der Waals surface area contributed by atoms with Crippen molar-refractivity contribution in [1.82, 2.24) is 14.5 Å². The maximum atomic E-state index is 11.7. The van der Waals surface area contributed by atoms with E-state index in [1.165, 1.54) is 6.92 Å². The summed E-state index contributed by atoms with van der Waals surface area (Å²) in [6.45, 7) is 1.36. The van der Waals surface area contributed by atoms with Gasteiger partial charge in [0.05, 0.1) is 6.10 Å². The Kier molecular flexibility index (Phi) is 3.49. The lowest BCUT2D eigenvalue weighted by molar-refractivity contribution is -0.0887. The molecule has 0 radical (unpaired) electrons. The summed E-state index contributed by atoms with van der Waals surface area (Å²) in [6.07, 6.45) is 0.932. The summed E-state index contributed by atoms with van der Waals surface area (Å²) in [7, 11) is 0. The molecular weight excluding hydrogens is 268 g/mol. The van der Waals surface area contributed by atoms with Crippen LogP contribution in [0.3, 0.4) is 0 Å². The normalized spacial score (nSPS) is 34.6. The average molecular weight is 282 g/mol. The van der Waals surface area contributed by atoms with Gasteiger partial charge >= 0.3 is 5.69 Å². The Morgan fingerprint density at radius 1 is 1.70 bits per heavy atom. The standard InChI is InChI=1S/C11H14N4O5/c1-3-11(19)7(17)6(5(2)16)20-8(11)15-4-13-9(12)14-10(15)18/h1,4-8,16-17,19H,2H3,(H2,12,14,18)/t5-,6+,7-,8+,11?/m0/s1. The van der Waals surface area contributed by atoms with Crippen LogP contribution >= 0.6 is 0 Å². The number of terminal acetylenes is 1. The number of hydrogen-bond acceptors (Lipinski definition) is 8. The number of aliphatic hydroxyl groups excluding tert-OH is 2. The van der Waals surface area contributed by atoms with Crippen LogP contribution < -0.4 is 11.4 Å². The van der Waals surface area contributed by atoms with Crippen LogP contribution in [0, 0.1) is 12.3 Å². The van der Waals surface area contributed by atoms with Crippen molar-refractivity contribution in [3.05, 3.63) is 16.8 Å². The van der Waals surface area contributed by atoms with Crippen LogP contribution in [-0.2, 0) is 4.74 Å². The topological polar surface area (TPSA) is 144 Å². The van der Waals surface area contributed by atoms with Gasteiger partial charge in [0, 0.05) is 0 Å². The fourth-order valence-electron chi connectivity index (χ4n) is 2.05. The Balaban J connectivity index is 2.50. The van der Waals surface area contributed by atoms with Gasteiger partial charge in [-0.2, -0.15) is 4.98 Å². The van der Waals surface area contributed by atoms with E-state index in [2.05, 4.69) is 9.97 Å². The molecular formula is C11H14N4O5. The molecule has 0 saturated carbocycles. The molecule has 0 spiro atoms. The molecule has 1 fully saturated rings. The average Bonchev–Trinajstić information content (AvgIpc) is 2.64. The summed E-state index contributed by atoms with van der Waals surface area (Å²) in [5.41, 5.74) is 2.20. The summed E-state index contributed by atoms with van der Waals surface area (Å²) in [4.78, 5) is 18.7. The number of aliphatic hydroxyl groups is 3. The molecule has 20 heavy (non-hydrogen) atoms. The van der Waals surface area contributed by atoms with Gasteiger partial charge in [0.1, 0.15) is 18.5 Å². The van der Waals surface area contributed by atoms with Crippen LogP contribution in [0.15, 0.2) is 11.1 Å². The van der Waals surface area contributed by atoms with Gasteiger partial charge in [0.15, 0.2) is 11.8 Å². The van der Waals surface area contributed by atoms with E-state index in [9.17, 15) is 20.1 Å². The van der Waals surface area contributed by atoms with Crippen LogP contribution in [0.2, 0.25) is 0 Å². The van der Waals surface area contributed by atoms with E-state index < -0.39 is 35.8 Å². The minimum atomic E-state index is -2.20. The Morgan fingerprint density at radius 2 is 2.35 bits per heavy atom. The van der Waals surface area contributed by atoms with Crippen LogP contribution in [0.25, 0.3) is 0 Å². The molecule has 5 N–H and O–H groups in total. The quantitative estimate of drug-likeness (QED) is 0.426. The third-order valence-electron chi connectivity index (χ3n) is 3.13. The number of nitrogen functional groups attached to an aromatic ring is 1. The van der Waals surface area contributed by atoms with Crippen molar-refractivity contribution in [1.29, 1.82) is 0 Å². The van der Waals surface area contributed by atoms with Crippen molar-refractivity contribution < 1.29 is 20.1 Å². The van der Waals surface area contributed by atoms with Crippen molar-refractivity contribution in [2.24, 2.45) is 0 Å². The molecule has 9 heteroatoms. The minimum Gasteiger partial charge on any atom is -0.391 e. The number of rotatable bonds is 2. The molecule has 9 nitrogen and oxygen atoms in total. The number of nitrogens with zero attached hydrogens (tertiary/aromatic N) is 3. The smallest absolute Gasteiger partial charge is 0.354 e. The number of hydrogen-bond donors (Lipinski definition) is 4. The third kappa shape index (κ3) is 2.04. The summed E-state index contributed by atoms with van der Waals surface area (Å²) >= 11 is 0. The second-order valence-corrected chi connectivity index (χ2v) is 4.51. The molecule has 5 atom stereocenters. The van der Waals surface area contributed by atoms with Gasteiger partial charge < -0.3 is 25.8 Å². The van der Waals surface area contributed by atoms with Crippen molar-refractivity contribution in [3.63, 3.8) is 0 Å². The van der Waals surface area contributed by atoms with E-state index >= 15 is 0 Å². The summed E-state index contributed by atoms with van der Waals surface area (Å²) < 4.78 is 6.11. The summed E-state index contributed by atoms with van der Waals surface area (Å²) in [6, 6.07) is 0. The molecule has 1 aromatic heterocycles. The Morgan fingerprint density at radius 3 is 2.85 bits per heavy atom. The predicted molar refractivity (Wildman–Crippen MR) is 66.1 cm³/mol. The molecule has 0 aliphatic carbocycles. The zero-order valence-corrected chi connectivity index (χ0v) is 10.5. The number of aromatic nitrogens is 3. The first-order chi connectivity index (χ1) is 9.31. The zero-order valence-electron chi connectivity index (χ0n) is 10.5. The third-order valence-corrected chi connectivity index (χ3v) is 3.13. The van der Waals surface area contributed by atoms with Gasteiger partial charge in [0.2, 0.25) is 5.95 Å². The van der Waals surface area contributed by atoms with E-state index in [4.69, 9.17) is 16.9 Å². The number of ether oxygens (including phenoxy) is 1. The van der Waals surface area contributed by atoms with Crippen molar-refractivity contribution in [2.75, 3.05) is 5.73 Å². The number of anilines is 1. The van der Waals surface area contributed by atoms with Gasteiger partial charge in [0.25, 0.3) is 0 Å². The van der Waals surface area contributed by atoms with Crippen LogP contribution in [0.5, 0.6) is 0 Å². The maximum absolute atomic E-state index is 11.7. The highest BCUT2D eigenvalue weighted by molar-refractivity contribution is 5.20. The largest absolute Gasteiger partial charge is 0.391 e. The van der Waals surface area contributed by atoms with Gasteiger partial charge in [-0.05, 0) is 6.92 Å². The van der Waals surface area contributed by atoms with E-state index in [-0.39, 0.29) is 5.95 Å². The fraction of sp³-hybridized carbons (Fsp3) is 0.545. The molecule has 0 aromatic carbocycles. The van der Waals surface area contributed by atoms with Gasteiger partial charge in [-0.3, -0.25) is 4.57 Å². The first-order valence-corrected chi connectivity index (χ1v) is 5.73. The van der Waals surface area contributed by atoms with Crippen molar-refractivity contribution in [3.8, 4) is 12.3 Å². The Hall–Kier alpha value is -1.99. The molecule has 1 unspecified atom stereocenters. The molecule has 1 aromatic rings. The highest BCUT2D eigenvalue weighted by Gasteiger charge is 2.57. The van der Waals surface area contributed by atoms with Crippen LogP contribution in [-0.4, -0.2) is 53.8 Å². The second-order valence-electron chi connectivity index (χ2n) is 4.51. The van der Waals surface area contributed by atoms with Crippen LogP contribution in [0.1, 0.15) is 13.2 Å². The lowest BCUT2D eigenvalue weighted by Crippen LogP contribution is -2.48. The first-order valence-electron chi connectivity index (χ1n) is 5.73. The predicted octanol–water partition coefficient (Wildman–Crippen LogP) is -2.78. The van der Waals surface area contributed by atoms with E-state index in [1.807, 2.05) is 5.92 Å². The summed E-state index contributed by atoms with van der Waals surface area (Å²) in [5, 5.41) is 29.8. The Bertz CT molecular complexity index is 610. The molecule has 1 saturated heterocycles. The lowest BCUT2D eigenvalue weighted by Gasteiger charge is -2.26. The molecule has 0 bridgehead atoms. The maximum Gasteiger partial charge on any atom is 0.354 e. The van der Waals surface area contributed by atoms with E-state index in [1.54, 1.807) is 0 Å². The van der Waals surface area contributed by atoms with Gasteiger partial charge in [-0.25, -0.2) is 9.78 Å². The second kappa shape index (κ2) is 4.84. The van der Waals surface area contributed by atoms with Crippen molar-refractivity contribution in [2.45, 2.75) is 37.1 Å². The van der Waals surface area contributed by atoms with Gasteiger partial charge in [-0.15, -0.1) is 6.42 Å². The molecule has 1 aliphatic rings. The van der Waals surface area contributed by atoms with E-state index in [0.717, 1.165) is 10.9 Å². The van der Waals surface area contributed by atoms with Crippen LogP contribution in [0.4, 0.5) is 5.95 Å². The molecule has 0 amide bonds. The SMILES string of the molecule is C#CC1(O)[C@@H](O)[C@@H]([C@H](C)O)O[C@H]1n1cnc(N)nc1=O. The Labute approximate surface area is 113 Å². The fourth-order valence-corrected chi connectivity index (χ4v) is 2.05. The lowest BCUT2D eigenvalue weighted by atomic mass is 9.93. The molecule has 2 heterocycles. The molecule has 1 aliphatic heterocycles. The molecule has 2 rings (SSSR count).